The molecular formula is C21H27N3O7. The summed E-state index contributed by atoms with van der Waals surface area (Å²) < 4.78 is 11.9. The molecule has 0 bridgehead atoms. The summed E-state index contributed by atoms with van der Waals surface area (Å²) in [5, 5.41) is 30.4. The van der Waals surface area contributed by atoms with Crippen LogP contribution in [0.25, 0.3) is 0 Å². The van der Waals surface area contributed by atoms with Crippen LogP contribution in [-0.2, 0) is 20.7 Å². The third-order valence-electron chi connectivity index (χ3n) is 5.29. The van der Waals surface area contributed by atoms with Crippen LogP contribution >= 0.6 is 0 Å². The minimum atomic E-state index is -2.34. The summed E-state index contributed by atoms with van der Waals surface area (Å²) in [5.74, 6) is -0.541. The van der Waals surface area contributed by atoms with Crippen molar-refractivity contribution in [1.29, 1.82) is 0 Å². The van der Waals surface area contributed by atoms with E-state index in [2.05, 4.69) is 25.8 Å². The predicted molar refractivity (Wildman–Crippen MR) is 110 cm³/mol. The van der Waals surface area contributed by atoms with Gasteiger partial charge in [0.25, 0.3) is 0 Å². The molecule has 3 rings (SSSR count). The molecule has 0 amide bonds. The molecule has 0 unspecified atom stereocenters. The maximum absolute atomic E-state index is 13.2. The van der Waals surface area contributed by atoms with Crippen molar-refractivity contribution in [3.63, 3.8) is 0 Å². The van der Waals surface area contributed by atoms with Crippen molar-refractivity contribution in [2.45, 2.75) is 50.2 Å². The van der Waals surface area contributed by atoms with E-state index in [1.54, 1.807) is 12.1 Å². The average molecular weight is 433 g/mol. The number of nitrogens with zero attached hydrogens (tertiary/aromatic N) is 2. The van der Waals surface area contributed by atoms with Gasteiger partial charge in [-0.15, -0.1) is 0 Å². The quantitative estimate of drug-likeness (QED) is 0.473. The lowest BCUT2D eigenvalue weighted by atomic mass is 9.87. The van der Waals surface area contributed by atoms with Gasteiger partial charge in [0.1, 0.15) is 29.9 Å². The summed E-state index contributed by atoms with van der Waals surface area (Å²) in [5.41, 5.74) is 3.23. The van der Waals surface area contributed by atoms with Gasteiger partial charge in [0.15, 0.2) is 6.61 Å². The van der Waals surface area contributed by atoms with Gasteiger partial charge in [0.05, 0.1) is 6.61 Å². The molecule has 2 heterocycles. The number of anilines is 1. The highest BCUT2D eigenvalue weighted by molar-refractivity contribution is 5.88. The number of aromatic nitrogens is 2. The highest BCUT2D eigenvalue weighted by Crippen LogP contribution is 2.36. The lowest BCUT2D eigenvalue weighted by molar-refractivity contribution is -0.178. The maximum Gasteiger partial charge on any atom is 0.352 e. The van der Waals surface area contributed by atoms with Crippen molar-refractivity contribution < 1.29 is 29.6 Å². The normalized spacial score (nSPS) is 26.1. The van der Waals surface area contributed by atoms with Gasteiger partial charge in [-0.25, -0.2) is 4.79 Å². The SMILES string of the molecule is CC(C)(C)c1ccc(OCC(=O)[C@@]2(n3ccc(N)nc3=O)O[C@H](CO)[C@@H](O)[C@H]2O)cc1. The van der Waals surface area contributed by atoms with Crippen LogP contribution in [0.2, 0.25) is 0 Å². The highest BCUT2D eigenvalue weighted by atomic mass is 16.6. The number of carbonyl (C=O) groups is 1. The van der Waals surface area contributed by atoms with Crippen LogP contribution in [0.3, 0.4) is 0 Å². The van der Waals surface area contributed by atoms with E-state index in [1.807, 2.05) is 12.1 Å². The zero-order valence-electron chi connectivity index (χ0n) is 17.6. The number of rotatable bonds is 6. The number of hydrogen-bond donors (Lipinski definition) is 4. The second kappa shape index (κ2) is 8.39. The number of aliphatic hydroxyl groups excluding tert-OH is 3. The number of nitrogens with two attached hydrogens (primary N) is 1. The molecule has 0 spiro atoms. The first kappa shape index (κ1) is 22.9. The van der Waals surface area contributed by atoms with Crippen LogP contribution < -0.4 is 16.2 Å². The first-order valence-electron chi connectivity index (χ1n) is 9.78. The van der Waals surface area contributed by atoms with E-state index < -0.39 is 48.7 Å². The fourth-order valence-electron chi connectivity index (χ4n) is 3.49. The number of Topliss-reactive ketones (excluding diaryl/α,β-unsaturated/α-hetero) is 1. The molecule has 0 saturated carbocycles. The van der Waals surface area contributed by atoms with E-state index in [0.29, 0.717) is 5.75 Å². The third kappa shape index (κ3) is 4.19. The molecular weight excluding hydrogens is 406 g/mol. The minimum Gasteiger partial charge on any atom is -0.486 e. The van der Waals surface area contributed by atoms with Crippen molar-refractivity contribution >= 4 is 11.6 Å². The predicted octanol–water partition coefficient (Wildman–Crippen LogP) is -0.463. The second-order valence-electron chi connectivity index (χ2n) is 8.46. The largest absolute Gasteiger partial charge is 0.486 e. The van der Waals surface area contributed by atoms with E-state index in [-0.39, 0.29) is 11.2 Å². The zero-order chi connectivity index (χ0) is 23.0. The summed E-state index contributed by atoms with van der Waals surface area (Å²) >= 11 is 0. The van der Waals surface area contributed by atoms with Gasteiger partial charge in [-0.3, -0.25) is 9.36 Å². The Hall–Kier alpha value is -2.79. The number of ether oxygens (including phenoxy) is 2. The van der Waals surface area contributed by atoms with Crippen LogP contribution in [-0.4, -0.2) is 62.2 Å². The molecule has 1 fully saturated rings. The average Bonchev–Trinajstić information content (AvgIpc) is 2.97. The lowest BCUT2D eigenvalue weighted by Gasteiger charge is -2.32. The Labute approximate surface area is 178 Å². The number of ketones is 1. The number of aliphatic hydroxyl groups is 3. The Kier molecular flexibility index (Phi) is 6.19. The Morgan fingerprint density at radius 2 is 1.90 bits per heavy atom. The van der Waals surface area contributed by atoms with Crippen molar-refractivity contribution in [1.82, 2.24) is 9.55 Å². The number of benzene rings is 1. The van der Waals surface area contributed by atoms with E-state index in [1.165, 1.54) is 6.07 Å². The summed E-state index contributed by atoms with van der Waals surface area (Å²) in [6, 6.07) is 8.40. The Morgan fingerprint density at radius 1 is 1.26 bits per heavy atom. The molecule has 1 aliphatic rings. The molecule has 1 aromatic heterocycles. The molecule has 0 aliphatic carbocycles. The number of carbonyl (C=O) groups excluding carboxylic acids is 1. The Bertz CT molecular complexity index is 999. The topological polar surface area (TPSA) is 157 Å². The van der Waals surface area contributed by atoms with Gasteiger partial charge in [-0.2, -0.15) is 4.98 Å². The first-order chi connectivity index (χ1) is 14.5. The van der Waals surface area contributed by atoms with Crippen molar-refractivity contribution in [2.24, 2.45) is 0 Å². The van der Waals surface area contributed by atoms with E-state index >= 15 is 0 Å². The van der Waals surface area contributed by atoms with E-state index in [0.717, 1.165) is 16.3 Å². The van der Waals surface area contributed by atoms with Crippen LogP contribution in [0.5, 0.6) is 5.75 Å². The van der Waals surface area contributed by atoms with Crippen LogP contribution in [0.15, 0.2) is 41.3 Å². The minimum absolute atomic E-state index is 0.0566. The second-order valence-corrected chi connectivity index (χ2v) is 8.46. The van der Waals surface area contributed by atoms with Gasteiger partial charge >= 0.3 is 5.69 Å². The van der Waals surface area contributed by atoms with Crippen LogP contribution in [0.1, 0.15) is 26.3 Å². The molecule has 1 aromatic carbocycles. The van der Waals surface area contributed by atoms with Crippen molar-refractivity contribution in [3.05, 3.63) is 52.6 Å². The summed E-state index contributed by atoms with van der Waals surface area (Å²) in [7, 11) is 0. The van der Waals surface area contributed by atoms with E-state index in [4.69, 9.17) is 15.2 Å². The molecule has 4 atom stereocenters. The fraction of sp³-hybridized carbons (Fsp3) is 0.476. The van der Waals surface area contributed by atoms with Crippen molar-refractivity contribution in [3.8, 4) is 5.75 Å². The first-order valence-corrected chi connectivity index (χ1v) is 9.78. The third-order valence-corrected chi connectivity index (χ3v) is 5.29. The molecule has 31 heavy (non-hydrogen) atoms. The van der Waals surface area contributed by atoms with Gasteiger partial charge in [-0.05, 0) is 29.2 Å². The molecule has 2 aromatic rings. The zero-order valence-corrected chi connectivity index (χ0v) is 17.6. The van der Waals surface area contributed by atoms with Crippen LogP contribution in [0.4, 0.5) is 5.82 Å². The standard InChI is InChI=1S/C21H27N3O7/c1-20(2,3)12-4-6-13(7-5-12)30-11-15(26)21(18(28)17(27)14(10-25)31-21)24-9-8-16(22)23-19(24)29/h4-9,14,17-18,25,27-28H,10-11H2,1-3H3,(H2,22,23,29)/t14-,17-,18-,21-/m1/s1. The fourth-order valence-corrected chi connectivity index (χ4v) is 3.49. The smallest absolute Gasteiger partial charge is 0.352 e. The molecule has 10 heteroatoms. The van der Waals surface area contributed by atoms with E-state index in [9.17, 15) is 24.9 Å². The molecule has 1 aliphatic heterocycles. The van der Waals surface area contributed by atoms with Gasteiger partial charge in [-0.1, -0.05) is 32.9 Å². The Balaban J connectivity index is 1.91. The summed E-state index contributed by atoms with van der Waals surface area (Å²) in [6.45, 7) is 4.94. The van der Waals surface area contributed by atoms with Gasteiger partial charge in [0.2, 0.25) is 11.5 Å². The molecule has 0 radical (unpaired) electrons. The summed E-state index contributed by atoms with van der Waals surface area (Å²) in [6.07, 6.45) is -3.64. The molecule has 1 saturated heterocycles. The molecule has 10 nitrogen and oxygen atoms in total. The maximum atomic E-state index is 13.2. The van der Waals surface area contributed by atoms with Crippen LogP contribution in [0, 0.1) is 0 Å². The number of hydrogen-bond acceptors (Lipinski definition) is 9. The van der Waals surface area contributed by atoms with Gasteiger partial charge in [0, 0.05) is 6.20 Å². The van der Waals surface area contributed by atoms with Gasteiger partial charge < -0.3 is 30.5 Å². The van der Waals surface area contributed by atoms with Crippen molar-refractivity contribution in [2.75, 3.05) is 18.9 Å². The molecule has 5 N–H and O–H groups in total. The Morgan fingerprint density at radius 3 is 2.42 bits per heavy atom. The summed E-state index contributed by atoms with van der Waals surface area (Å²) in [4.78, 5) is 29.2. The molecule has 168 valence electrons. The highest BCUT2D eigenvalue weighted by Gasteiger charge is 2.60. The monoisotopic (exact) mass is 433 g/mol. The number of nitrogen functional groups attached to an aromatic ring is 1. The lowest BCUT2D eigenvalue weighted by Crippen LogP contribution is -2.57.